The van der Waals surface area contributed by atoms with Crippen molar-refractivity contribution in [2.45, 2.75) is 20.0 Å². The number of hydrogen-bond acceptors (Lipinski definition) is 3. The first-order valence-corrected chi connectivity index (χ1v) is 5.32. The van der Waals surface area contributed by atoms with Gasteiger partial charge in [-0.25, -0.2) is 4.68 Å². The topological polar surface area (TPSA) is 50.9 Å². The average molecular weight is 238 g/mol. The summed E-state index contributed by atoms with van der Waals surface area (Å²) in [7, 11) is 0. The molecule has 1 N–H and O–H groups in total. The van der Waals surface area contributed by atoms with E-state index >= 15 is 0 Å². The Labute approximate surface area is 98.5 Å². The Kier molecular flexibility index (Phi) is 2.94. The van der Waals surface area contributed by atoms with Crippen LogP contribution >= 0.6 is 11.6 Å². The third kappa shape index (κ3) is 2.08. The van der Waals surface area contributed by atoms with Crippen molar-refractivity contribution in [2.24, 2.45) is 0 Å². The largest absolute Gasteiger partial charge is 0.387 e. The van der Waals surface area contributed by atoms with E-state index in [0.717, 1.165) is 11.3 Å². The van der Waals surface area contributed by atoms with Crippen molar-refractivity contribution in [2.75, 3.05) is 0 Å². The summed E-state index contributed by atoms with van der Waals surface area (Å²) in [4.78, 5) is 0. The van der Waals surface area contributed by atoms with Crippen LogP contribution in [0, 0.1) is 6.92 Å². The summed E-state index contributed by atoms with van der Waals surface area (Å²) in [5, 5.41) is 17.7. The summed E-state index contributed by atoms with van der Waals surface area (Å²) >= 11 is 6.10. The molecule has 0 amide bonds. The lowest BCUT2D eigenvalue weighted by molar-refractivity contribution is 0.194. The molecule has 2 rings (SSSR count). The van der Waals surface area contributed by atoms with Crippen LogP contribution in [0.3, 0.4) is 0 Å². The zero-order chi connectivity index (χ0) is 11.7. The smallest absolute Gasteiger partial charge is 0.111 e. The maximum Gasteiger partial charge on any atom is 0.111 e. The number of aryl methyl sites for hydroxylation is 1. The van der Waals surface area contributed by atoms with Gasteiger partial charge in [-0.2, -0.15) is 0 Å². The first-order chi connectivity index (χ1) is 7.58. The molecule has 0 aliphatic rings. The van der Waals surface area contributed by atoms with Gasteiger partial charge in [-0.05, 0) is 31.5 Å². The van der Waals surface area contributed by atoms with Crippen molar-refractivity contribution in [3.63, 3.8) is 0 Å². The second-order valence-corrected chi connectivity index (χ2v) is 4.13. The third-order valence-corrected chi connectivity index (χ3v) is 2.59. The van der Waals surface area contributed by atoms with E-state index in [4.69, 9.17) is 11.6 Å². The minimum absolute atomic E-state index is 0.525. The van der Waals surface area contributed by atoms with Crippen molar-refractivity contribution in [3.05, 3.63) is 40.7 Å². The van der Waals surface area contributed by atoms with Gasteiger partial charge in [0.05, 0.1) is 23.0 Å². The van der Waals surface area contributed by atoms with Crippen LogP contribution in [-0.2, 0) is 0 Å². The highest BCUT2D eigenvalue weighted by Gasteiger charge is 2.09. The molecule has 0 bridgehead atoms. The van der Waals surface area contributed by atoms with Crippen molar-refractivity contribution in [1.82, 2.24) is 15.0 Å². The summed E-state index contributed by atoms with van der Waals surface area (Å²) in [6.45, 7) is 3.61. The van der Waals surface area contributed by atoms with Gasteiger partial charge in [0.15, 0.2) is 0 Å². The van der Waals surface area contributed by atoms with Crippen LogP contribution < -0.4 is 0 Å². The highest BCUT2D eigenvalue weighted by Crippen LogP contribution is 2.21. The molecule has 4 nitrogen and oxygen atoms in total. The minimum Gasteiger partial charge on any atom is -0.387 e. The molecule has 0 spiro atoms. The summed E-state index contributed by atoms with van der Waals surface area (Å²) in [5.74, 6) is 0. The number of aliphatic hydroxyl groups excluding tert-OH is 1. The zero-order valence-electron chi connectivity index (χ0n) is 9.05. The number of aliphatic hydroxyl groups is 1. The summed E-state index contributed by atoms with van der Waals surface area (Å²) in [5.41, 5.74) is 2.37. The molecule has 84 valence electrons. The number of nitrogens with zero attached hydrogens (tertiary/aromatic N) is 3. The minimum atomic E-state index is -0.627. The van der Waals surface area contributed by atoms with Gasteiger partial charge in [-0.15, -0.1) is 5.10 Å². The van der Waals surface area contributed by atoms with Crippen LogP contribution in [0.15, 0.2) is 24.4 Å². The SMILES string of the molecule is Cc1ccc(-n2cc(C(C)O)nn2)c(Cl)c1. The third-order valence-electron chi connectivity index (χ3n) is 2.29. The van der Waals surface area contributed by atoms with E-state index < -0.39 is 6.10 Å². The standard InChI is InChI=1S/C11H12ClN3O/c1-7-3-4-11(9(12)5-7)15-6-10(8(2)16)13-14-15/h3-6,8,16H,1-2H3. The first kappa shape index (κ1) is 11.1. The molecular formula is C11H12ClN3O. The molecule has 1 unspecified atom stereocenters. The summed E-state index contributed by atoms with van der Waals surface area (Å²) in [6.07, 6.45) is 1.04. The molecular weight excluding hydrogens is 226 g/mol. The lowest BCUT2D eigenvalue weighted by atomic mass is 10.2. The highest BCUT2D eigenvalue weighted by atomic mass is 35.5. The maximum atomic E-state index is 9.35. The van der Waals surface area contributed by atoms with Crippen molar-refractivity contribution in [3.8, 4) is 5.69 Å². The van der Waals surface area contributed by atoms with Gasteiger partial charge >= 0.3 is 0 Å². The molecule has 0 aliphatic carbocycles. The van der Waals surface area contributed by atoms with Crippen LogP contribution in [-0.4, -0.2) is 20.1 Å². The molecule has 0 saturated carbocycles. The fraction of sp³-hybridized carbons (Fsp3) is 0.273. The Bertz CT molecular complexity index is 508. The van der Waals surface area contributed by atoms with Gasteiger partial charge in [0.2, 0.25) is 0 Å². The number of aromatic nitrogens is 3. The lowest BCUT2D eigenvalue weighted by Gasteiger charge is -2.03. The Morgan fingerprint density at radius 2 is 2.19 bits per heavy atom. The van der Waals surface area contributed by atoms with Crippen molar-refractivity contribution < 1.29 is 5.11 Å². The maximum absolute atomic E-state index is 9.35. The molecule has 0 radical (unpaired) electrons. The van der Waals surface area contributed by atoms with Crippen LogP contribution in [0.5, 0.6) is 0 Å². The molecule has 1 aromatic carbocycles. The second kappa shape index (κ2) is 4.23. The number of rotatable bonds is 2. The molecule has 5 heteroatoms. The molecule has 0 fully saturated rings. The quantitative estimate of drug-likeness (QED) is 0.872. The molecule has 1 heterocycles. The number of hydrogen-bond donors (Lipinski definition) is 1. The Hall–Kier alpha value is -1.39. The molecule has 0 saturated heterocycles. The summed E-state index contributed by atoms with van der Waals surface area (Å²) in [6, 6.07) is 5.68. The second-order valence-electron chi connectivity index (χ2n) is 3.72. The fourth-order valence-corrected chi connectivity index (χ4v) is 1.71. The normalized spacial score (nSPS) is 12.8. The fourth-order valence-electron chi connectivity index (χ4n) is 1.38. The highest BCUT2D eigenvalue weighted by molar-refractivity contribution is 6.32. The van der Waals surface area contributed by atoms with Crippen molar-refractivity contribution >= 4 is 11.6 Å². The van der Waals surface area contributed by atoms with Gasteiger partial charge in [-0.3, -0.25) is 0 Å². The van der Waals surface area contributed by atoms with Gasteiger partial charge in [0.25, 0.3) is 0 Å². The van der Waals surface area contributed by atoms with E-state index in [2.05, 4.69) is 10.3 Å². The van der Waals surface area contributed by atoms with Gasteiger partial charge < -0.3 is 5.11 Å². The van der Waals surface area contributed by atoms with Crippen LogP contribution in [0.2, 0.25) is 5.02 Å². The lowest BCUT2D eigenvalue weighted by Crippen LogP contribution is -1.96. The number of benzene rings is 1. The van der Waals surface area contributed by atoms with Gasteiger partial charge in [0, 0.05) is 0 Å². The molecule has 0 aliphatic heterocycles. The summed E-state index contributed by atoms with van der Waals surface area (Å²) < 4.78 is 1.56. The van der Waals surface area contributed by atoms with E-state index in [1.54, 1.807) is 17.8 Å². The van der Waals surface area contributed by atoms with Gasteiger partial charge in [-0.1, -0.05) is 22.9 Å². The van der Waals surface area contributed by atoms with E-state index in [9.17, 15) is 5.11 Å². The van der Waals surface area contributed by atoms with Crippen LogP contribution in [0.25, 0.3) is 5.69 Å². The van der Waals surface area contributed by atoms with Crippen LogP contribution in [0.4, 0.5) is 0 Å². The molecule has 2 aromatic rings. The predicted molar refractivity (Wildman–Crippen MR) is 61.7 cm³/mol. The average Bonchev–Trinajstić information content (AvgIpc) is 2.66. The number of halogens is 1. The van der Waals surface area contributed by atoms with E-state index in [-0.39, 0.29) is 0 Å². The Morgan fingerprint density at radius 3 is 2.75 bits per heavy atom. The first-order valence-electron chi connectivity index (χ1n) is 4.95. The van der Waals surface area contributed by atoms with Gasteiger partial charge in [0.1, 0.15) is 5.69 Å². The molecule has 1 atom stereocenters. The van der Waals surface area contributed by atoms with E-state index in [0.29, 0.717) is 10.7 Å². The predicted octanol–water partition coefficient (Wildman–Crippen LogP) is 2.28. The molecule has 16 heavy (non-hydrogen) atoms. The van der Waals surface area contributed by atoms with E-state index in [1.807, 2.05) is 25.1 Å². The monoisotopic (exact) mass is 237 g/mol. The zero-order valence-corrected chi connectivity index (χ0v) is 9.81. The van der Waals surface area contributed by atoms with Crippen molar-refractivity contribution in [1.29, 1.82) is 0 Å². The van der Waals surface area contributed by atoms with Crippen LogP contribution in [0.1, 0.15) is 24.3 Å². The Balaban J connectivity index is 2.42. The van der Waals surface area contributed by atoms with E-state index in [1.165, 1.54) is 0 Å². The Morgan fingerprint density at radius 1 is 1.44 bits per heavy atom. The molecule has 1 aromatic heterocycles.